The van der Waals surface area contributed by atoms with E-state index in [1.54, 1.807) is 17.1 Å². The van der Waals surface area contributed by atoms with Crippen molar-refractivity contribution in [2.24, 2.45) is 17.8 Å². The molecule has 10 nitrogen and oxygen atoms in total. The van der Waals surface area contributed by atoms with Crippen LogP contribution in [0.2, 0.25) is 0 Å². The van der Waals surface area contributed by atoms with Crippen LogP contribution in [-0.4, -0.2) is 77.2 Å². The molecule has 4 aliphatic heterocycles. The number of aliphatic hydroxyl groups is 1. The lowest BCUT2D eigenvalue weighted by atomic mass is 9.74. The fraction of sp³-hybridized carbons (Fsp3) is 0.400. The normalized spacial score (nSPS) is 30.3. The summed E-state index contributed by atoms with van der Waals surface area (Å²) in [5, 5.41) is 15.6. The summed E-state index contributed by atoms with van der Waals surface area (Å²) in [6, 6.07) is 21.0. The summed E-state index contributed by atoms with van der Waals surface area (Å²) < 4.78 is 12.8. The number of esters is 1. The largest absolute Gasteiger partial charge is 0.455 e. The van der Waals surface area contributed by atoms with E-state index in [9.17, 15) is 19.5 Å². The minimum Gasteiger partial charge on any atom is -0.455 e. The van der Waals surface area contributed by atoms with Crippen molar-refractivity contribution in [2.45, 2.75) is 63.0 Å². The van der Waals surface area contributed by atoms with Gasteiger partial charge in [-0.1, -0.05) is 105 Å². The number of hydrogen-bond acceptors (Lipinski definition) is 7. The molecule has 2 fully saturated rings. The Hall–Kier alpha value is -4.80. The van der Waals surface area contributed by atoms with Gasteiger partial charge in [0.2, 0.25) is 11.8 Å². The third-order valence-corrected chi connectivity index (χ3v) is 10.9. The highest BCUT2D eigenvalue weighted by Gasteiger charge is 2.74. The van der Waals surface area contributed by atoms with Crippen LogP contribution >= 0.6 is 0 Å². The summed E-state index contributed by atoms with van der Waals surface area (Å²) in [6.07, 6.45) is 6.95. The minimum atomic E-state index is -1.45. The van der Waals surface area contributed by atoms with Gasteiger partial charge in [-0.2, -0.15) is 0 Å². The molecule has 7 rings (SSSR count). The number of carbonyl (C=O) groups is 4. The number of ether oxygens (including phenoxy) is 2. The summed E-state index contributed by atoms with van der Waals surface area (Å²) >= 11 is 0. The van der Waals surface area contributed by atoms with Gasteiger partial charge in [0.25, 0.3) is 5.91 Å². The van der Waals surface area contributed by atoms with Crippen LogP contribution in [0.4, 0.5) is 5.69 Å². The van der Waals surface area contributed by atoms with Crippen molar-refractivity contribution in [1.82, 2.24) is 10.2 Å². The van der Waals surface area contributed by atoms with Crippen LogP contribution in [0.1, 0.15) is 44.8 Å². The molecule has 3 amide bonds. The number of nitrogens with zero attached hydrogens (tertiary/aromatic N) is 2. The van der Waals surface area contributed by atoms with Gasteiger partial charge in [0.15, 0.2) is 0 Å². The zero-order valence-electron chi connectivity index (χ0n) is 28.3. The monoisotopic (exact) mass is 677 g/mol. The van der Waals surface area contributed by atoms with Crippen LogP contribution in [0.15, 0.2) is 97.1 Å². The SMILES string of the molecule is CC[C@H](C)[C@H](CO)N1C(=O)[C@@H]2[C@H]3C(=O)O[C@@H](c4ccccc4)CNC(=O)CC/C=C\CN(c4ccc5ccccc5c4)C(=O)[C@@H]1[C@]21C=C[C@H]3O1. The Morgan fingerprint density at radius 3 is 2.48 bits per heavy atom. The van der Waals surface area contributed by atoms with Crippen molar-refractivity contribution in [3.05, 3.63) is 103 Å². The Kier molecular flexibility index (Phi) is 9.32. The zero-order chi connectivity index (χ0) is 35.0. The highest BCUT2D eigenvalue weighted by Crippen LogP contribution is 2.56. The van der Waals surface area contributed by atoms with Crippen LogP contribution < -0.4 is 10.2 Å². The summed E-state index contributed by atoms with van der Waals surface area (Å²) in [7, 11) is 0. The molecule has 260 valence electrons. The van der Waals surface area contributed by atoms with E-state index in [0.717, 1.165) is 10.8 Å². The maximum absolute atomic E-state index is 15.2. The Balaban J connectivity index is 1.35. The molecule has 0 aliphatic carbocycles. The van der Waals surface area contributed by atoms with E-state index in [-0.39, 0.29) is 43.8 Å². The molecule has 4 heterocycles. The predicted octanol–water partition coefficient (Wildman–Crippen LogP) is 4.48. The van der Waals surface area contributed by atoms with Crippen molar-refractivity contribution in [1.29, 1.82) is 0 Å². The third-order valence-electron chi connectivity index (χ3n) is 10.9. The van der Waals surface area contributed by atoms with Gasteiger partial charge in [-0.25, -0.2) is 0 Å². The molecule has 5 bridgehead atoms. The number of cyclic esters (lactones) is 1. The summed E-state index contributed by atoms with van der Waals surface area (Å²) in [4.78, 5) is 60.3. The van der Waals surface area contributed by atoms with E-state index in [1.807, 2.05) is 98.8 Å². The van der Waals surface area contributed by atoms with Crippen LogP contribution in [0, 0.1) is 17.8 Å². The van der Waals surface area contributed by atoms with Crippen molar-refractivity contribution < 1.29 is 33.8 Å². The molecule has 0 unspecified atom stereocenters. The van der Waals surface area contributed by atoms with Gasteiger partial charge in [-0.3, -0.25) is 19.2 Å². The number of amides is 3. The van der Waals surface area contributed by atoms with Gasteiger partial charge in [0, 0.05) is 18.7 Å². The standard InChI is InChI=1S/C40H43N3O7/c1-3-25(2)30(24-44)43-36-38(47)42(29-18-17-26-12-9-10-15-28(26)22-29)21-11-5-8-16-33(45)41-23-32(27-13-6-4-7-14-27)49-39(48)34-31-19-20-40(36,50-31)35(34)37(43)46/h4-7,9-15,17-20,22,25,30-32,34-36,44H,3,8,16,21,23-24H2,1-2H3,(H,41,45)/b11-5-/t25-,30-,31+,32+,34-,35-,36+,40-/m0/s1. The fourth-order valence-corrected chi connectivity index (χ4v) is 8.06. The van der Waals surface area contributed by atoms with Gasteiger partial charge >= 0.3 is 5.97 Å². The van der Waals surface area contributed by atoms with E-state index in [1.165, 1.54) is 4.90 Å². The summed E-state index contributed by atoms with van der Waals surface area (Å²) in [5.74, 6) is -3.88. The van der Waals surface area contributed by atoms with Gasteiger partial charge in [0.1, 0.15) is 23.7 Å². The molecule has 3 aromatic rings. The first-order valence-electron chi connectivity index (χ1n) is 17.5. The molecule has 4 aliphatic rings. The van der Waals surface area contributed by atoms with Gasteiger partial charge in [-0.05, 0) is 40.8 Å². The number of benzene rings is 3. The number of hydrogen-bond donors (Lipinski definition) is 2. The van der Waals surface area contributed by atoms with E-state index >= 15 is 4.79 Å². The van der Waals surface area contributed by atoms with Crippen molar-refractivity contribution in [3.63, 3.8) is 0 Å². The second-order valence-electron chi connectivity index (χ2n) is 13.7. The maximum Gasteiger partial charge on any atom is 0.313 e. The van der Waals surface area contributed by atoms with E-state index in [0.29, 0.717) is 24.1 Å². The zero-order valence-corrected chi connectivity index (χ0v) is 28.3. The Morgan fingerprint density at radius 1 is 0.960 bits per heavy atom. The lowest BCUT2D eigenvalue weighted by Crippen LogP contribution is -2.59. The Labute approximate surface area is 291 Å². The van der Waals surface area contributed by atoms with E-state index < -0.39 is 53.6 Å². The third kappa shape index (κ3) is 5.80. The molecule has 8 atom stereocenters. The first kappa shape index (κ1) is 33.7. The highest BCUT2D eigenvalue weighted by atomic mass is 16.6. The first-order chi connectivity index (χ1) is 24.3. The van der Waals surface area contributed by atoms with E-state index in [4.69, 9.17) is 9.47 Å². The first-order valence-corrected chi connectivity index (χ1v) is 17.5. The molecule has 1 spiro atoms. The average molecular weight is 678 g/mol. The number of allylic oxidation sites excluding steroid dienone is 1. The lowest BCUT2D eigenvalue weighted by molar-refractivity contribution is -0.160. The number of carbonyl (C=O) groups excluding carboxylic acids is 4. The molecule has 0 radical (unpaired) electrons. The second-order valence-corrected chi connectivity index (χ2v) is 13.7. The number of likely N-dealkylation sites (tertiary alicyclic amines) is 1. The summed E-state index contributed by atoms with van der Waals surface area (Å²) in [6.45, 7) is 3.79. The molecule has 2 N–H and O–H groups in total. The van der Waals surface area contributed by atoms with Crippen LogP contribution in [0.25, 0.3) is 10.8 Å². The van der Waals surface area contributed by atoms with Crippen LogP contribution in [0.3, 0.4) is 0 Å². The molecule has 0 saturated carbocycles. The van der Waals surface area contributed by atoms with Crippen molar-refractivity contribution in [3.8, 4) is 0 Å². The quantitative estimate of drug-likeness (QED) is 0.291. The number of aliphatic hydroxyl groups excluding tert-OH is 1. The highest BCUT2D eigenvalue weighted by molar-refractivity contribution is 6.06. The van der Waals surface area contributed by atoms with Gasteiger partial charge in [-0.15, -0.1) is 0 Å². The molecule has 3 aromatic carbocycles. The van der Waals surface area contributed by atoms with Crippen molar-refractivity contribution in [2.75, 3.05) is 24.6 Å². The maximum atomic E-state index is 15.2. The molecular weight excluding hydrogens is 634 g/mol. The Bertz CT molecular complexity index is 1840. The smallest absolute Gasteiger partial charge is 0.313 e. The Morgan fingerprint density at radius 2 is 1.72 bits per heavy atom. The minimum absolute atomic E-state index is 0.0553. The van der Waals surface area contributed by atoms with Crippen LogP contribution in [0.5, 0.6) is 0 Å². The molecule has 10 heteroatoms. The molecule has 2 saturated heterocycles. The second kappa shape index (κ2) is 13.8. The topological polar surface area (TPSA) is 125 Å². The number of anilines is 1. The van der Waals surface area contributed by atoms with Crippen LogP contribution in [-0.2, 0) is 28.7 Å². The summed E-state index contributed by atoms with van der Waals surface area (Å²) in [5.41, 5.74) is -0.125. The lowest BCUT2D eigenvalue weighted by Gasteiger charge is -2.40. The van der Waals surface area contributed by atoms with E-state index in [2.05, 4.69) is 5.32 Å². The predicted molar refractivity (Wildman–Crippen MR) is 188 cm³/mol. The number of fused-ring (bicyclic) bond motifs is 3. The number of nitrogens with one attached hydrogen (secondary N) is 1. The van der Waals surface area contributed by atoms with Gasteiger partial charge < -0.3 is 29.7 Å². The number of rotatable bonds is 6. The van der Waals surface area contributed by atoms with Gasteiger partial charge in [0.05, 0.1) is 31.2 Å². The molecule has 0 aromatic heterocycles. The van der Waals surface area contributed by atoms with Crippen molar-refractivity contribution >= 4 is 40.2 Å². The molecular formula is C40H43N3O7. The fourth-order valence-electron chi connectivity index (χ4n) is 8.06. The average Bonchev–Trinajstić information content (AvgIpc) is 3.78. The molecule has 50 heavy (non-hydrogen) atoms.